The van der Waals surface area contributed by atoms with Gasteiger partial charge in [-0.2, -0.15) is 5.10 Å². The Morgan fingerprint density at radius 3 is 2.33 bits per heavy atom. The third-order valence-electron chi connectivity index (χ3n) is 12.6. The number of likely N-dealkylation sites (tertiary alicyclic amines) is 1. The Labute approximate surface area is 426 Å². The summed E-state index contributed by atoms with van der Waals surface area (Å²) in [7, 11) is 4.81. The predicted molar refractivity (Wildman–Crippen MR) is 274 cm³/mol. The van der Waals surface area contributed by atoms with Crippen LogP contribution in [0.25, 0.3) is 21.8 Å². The van der Waals surface area contributed by atoms with E-state index >= 15 is 0 Å². The molecule has 2 aliphatic rings. The second-order valence-electron chi connectivity index (χ2n) is 18.8. The number of aryl methyl sites for hydroxylation is 2. The van der Waals surface area contributed by atoms with E-state index < -0.39 is 53.7 Å². The Bertz CT molecular complexity index is 2970. The van der Waals surface area contributed by atoms with Crippen molar-refractivity contribution in [2.24, 2.45) is 12.5 Å². The van der Waals surface area contributed by atoms with Gasteiger partial charge < -0.3 is 51.1 Å². The molecule has 6 aromatic rings. The molecule has 22 nitrogen and oxygen atoms in total. The van der Waals surface area contributed by atoms with Crippen LogP contribution in [0.1, 0.15) is 55.4 Å². The average molecular weight is 1010 g/mol. The molecule has 2 aromatic carbocycles. The number of carbonyl (C=O) groups is 5. The summed E-state index contributed by atoms with van der Waals surface area (Å²) in [5.41, 5.74) is 6.26. The van der Waals surface area contributed by atoms with Crippen molar-refractivity contribution in [2.75, 3.05) is 62.4 Å². The highest BCUT2D eigenvalue weighted by Gasteiger charge is 2.44. The van der Waals surface area contributed by atoms with Crippen LogP contribution in [0.5, 0.6) is 5.75 Å². The molecule has 0 saturated carbocycles. The highest BCUT2D eigenvalue weighted by atomic mass is 32.1. The first-order chi connectivity index (χ1) is 35.0. The lowest BCUT2D eigenvalue weighted by Crippen LogP contribution is -2.58. The number of rotatable bonds is 16. The largest absolute Gasteiger partial charge is 0.494 e. The molecule has 2 aliphatic heterocycles. The van der Waals surface area contributed by atoms with Crippen LogP contribution in [0.4, 0.5) is 28.7 Å². The third kappa shape index (κ3) is 12.0. The number of anilines is 5. The minimum atomic E-state index is -1.08. The zero-order chi connectivity index (χ0) is 52.0. The number of aromatic nitrogens is 7. The molecule has 0 spiro atoms. The van der Waals surface area contributed by atoms with Crippen molar-refractivity contribution in [3.8, 4) is 27.6 Å². The number of amides is 5. The molecule has 8 rings (SSSR count). The SMILES string of the molecule is CNC(=O)c1nnc(Nc2ccc(N3CCN(C(=O)CC(=O)N[C@H](C(=O)N4C[C@H](O)C[C@H]4C(=O)NCc4ccc(-c5scnc5C)cc4)C(C)(C)C)CC3)cn2)cc1Nc1cccc(-c2ncn(C)n2)c1OC. The van der Waals surface area contributed by atoms with Crippen LogP contribution in [-0.2, 0) is 32.8 Å². The monoisotopic (exact) mass is 1010 g/mol. The molecule has 3 atom stereocenters. The van der Waals surface area contributed by atoms with Gasteiger partial charge in [-0.25, -0.2) is 15.0 Å². The zero-order valence-electron chi connectivity index (χ0n) is 41.7. The number of aliphatic hydroxyl groups is 1. The molecule has 0 aliphatic carbocycles. The molecule has 2 saturated heterocycles. The molecule has 2 fully saturated rings. The molecule has 0 radical (unpaired) electrons. The van der Waals surface area contributed by atoms with E-state index in [1.54, 1.807) is 85.0 Å². The summed E-state index contributed by atoms with van der Waals surface area (Å²) in [4.78, 5) is 86.9. The lowest BCUT2D eigenvalue weighted by molar-refractivity contribution is -0.145. The number of thiazole rings is 1. The fourth-order valence-corrected chi connectivity index (χ4v) is 9.52. The maximum Gasteiger partial charge on any atom is 0.273 e. The van der Waals surface area contributed by atoms with E-state index in [-0.39, 0.29) is 31.1 Å². The van der Waals surface area contributed by atoms with Crippen LogP contribution in [0.15, 0.2) is 78.7 Å². The Morgan fingerprint density at radius 1 is 0.918 bits per heavy atom. The number of benzene rings is 2. The van der Waals surface area contributed by atoms with Crippen molar-refractivity contribution in [3.63, 3.8) is 0 Å². The minimum Gasteiger partial charge on any atom is -0.494 e. The van der Waals surface area contributed by atoms with Crippen LogP contribution in [0.2, 0.25) is 0 Å². The van der Waals surface area contributed by atoms with Crippen LogP contribution in [0.3, 0.4) is 0 Å². The number of aliphatic hydroxyl groups excluding tert-OH is 1. The second-order valence-corrected chi connectivity index (χ2v) is 19.7. The van der Waals surface area contributed by atoms with E-state index in [1.165, 1.54) is 19.1 Å². The van der Waals surface area contributed by atoms with Gasteiger partial charge in [0.1, 0.15) is 30.6 Å². The normalized spacial score (nSPS) is 16.1. The Kier molecular flexibility index (Phi) is 15.6. The number of methoxy groups -OCH3 is 1. The third-order valence-corrected chi connectivity index (χ3v) is 13.6. The van der Waals surface area contributed by atoms with Gasteiger partial charge in [-0.1, -0.05) is 51.1 Å². The molecule has 382 valence electrons. The highest BCUT2D eigenvalue weighted by Crippen LogP contribution is 2.37. The quantitative estimate of drug-likeness (QED) is 0.0753. The molecule has 5 amide bonds. The van der Waals surface area contributed by atoms with Crippen molar-refractivity contribution < 1.29 is 33.8 Å². The maximum absolute atomic E-state index is 14.2. The first kappa shape index (κ1) is 51.3. The number of pyridine rings is 1. The number of carbonyl (C=O) groups excluding carboxylic acids is 5. The van der Waals surface area contributed by atoms with Crippen LogP contribution >= 0.6 is 11.3 Å². The van der Waals surface area contributed by atoms with E-state index in [1.807, 2.05) is 49.4 Å². The van der Waals surface area contributed by atoms with Crippen molar-refractivity contribution in [1.29, 1.82) is 0 Å². The number of piperazine rings is 1. The van der Waals surface area contributed by atoms with E-state index in [0.717, 1.165) is 27.4 Å². The maximum atomic E-state index is 14.2. The number of para-hydroxylation sites is 1. The number of β-amino-alcohol motifs (C(OH)–C–C–N with tert-alkyl or cyclic N) is 1. The Balaban J connectivity index is 0.836. The van der Waals surface area contributed by atoms with Crippen LogP contribution < -0.4 is 36.2 Å². The van der Waals surface area contributed by atoms with Gasteiger partial charge in [-0.15, -0.1) is 21.5 Å². The van der Waals surface area contributed by atoms with Crippen molar-refractivity contribution in [1.82, 2.24) is 60.7 Å². The van der Waals surface area contributed by atoms with E-state index in [4.69, 9.17) is 4.74 Å². The topological polar surface area (TPSA) is 267 Å². The van der Waals surface area contributed by atoms with Gasteiger partial charge in [0.2, 0.25) is 23.6 Å². The molecule has 4 aromatic heterocycles. The lowest BCUT2D eigenvalue weighted by atomic mass is 9.85. The summed E-state index contributed by atoms with van der Waals surface area (Å²) >= 11 is 1.56. The van der Waals surface area contributed by atoms with E-state index in [2.05, 4.69) is 61.7 Å². The van der Waals surface area contributed by atoms with E-state index in [0.29, 0.717) is 66.3 Å². The second kappa shape index (κ2) is 22.2. The fourth-order valence-electron chi connectivity index (χ4n) is 8.71. The Hall–Kier alpha value is -8.05. The van der Waals surface area contributed by atoms with Crippen molar-refractivity contribution in [2.45, 2.75) is 65.3 Å². The van der Waals surface area contributed by atoms with Gasteiger partial charge in [0.05, 0.1) is 58.1 Å². The smallest absolute Gasteiger partial charge is 0.273 e. The fraction of sp³-hybridized carbons (Fsp3) is 0.380. The number of nitrogens with zero attached hydrogens (tertiary/aromatic N) is 10. The molecular weight excluding hydrogens is 955 g/mol. The number of hydrogen-bond acceptors (Lipinski definition) is 17. The van der Waals surface area contributed by atoms with Crippen molar-refractivity contribution >= 4 is 69.6 Å². The number of ether oxygens (including phenoxy) is 1. The van der Waals surface area contributed by atoms with Gasteiger partial charge in [0, 0.05) is 65.9 Å². The van der Waals surface area contributed by atoms with Gasteiger partial charge >= 0.3 is 0 Å². The summed E-state index contributed by atoms with van der Waals surface area (Å²) < 4.78 is 7.35. The summed E-state index contributed by atoms with van der Waals surface area (Å²) in [6.07, 6.45) is 1.95. The molecule has 0 bridgehead atoms. The molecule has 23 heteroatoms. The van der Waals surface area contributed by atoms with Gasteiger partial charge in [-0.05, 0) is 47.7 Å². The van der Waals surface area contributed by atoms with Gasteiger partial charge in [-0.3, -0.25) is 28.7 Å². The number of nitrogens with one attached hydrogen (secondary N) is 5. The highest BCUT2D eigenvalue weighted by molar-refractivity contribution is 7.13. The van der Waals surface area contributed by atoms with Gasteiger partial charge in [0.25, 0.3) is 5.91 Å². The minimum absolute atomic E-state index is 0.0508. The standard InChI is InChI=1S/C50H59N15O7S/c1-29-44(73-28-55-29)31-13-11-30(12-14-31)24-53-47(69)37-21-33(66)26-65(37)49(71)45(50(2,3)4)58-40(67)23-41(68)64-19-17-63(18-20-64)32-15-16-38(52-25-32)57-39-22-36(42(60-59-39)48(70)51-5)56-35-10-8-9-34(43(35)72-7)46-54-27-62(6)61-46/h8-16,22,25,27-28,33,37,45,66H,17-21,23-24,26H2,1-7H3,(H,51,70)(H,53,69)(H,58,67)(H2,52,56,57,59)/t33-,37+,45-/m1/s1. The van der Waals surface area contributed by atoms with Gasteiger partial charge in [0.15, 0.2) is 23.1 Å². The summed E-state index contributed by atoms with van der Waals surface area (Å²) in [5, 5.41) is 38.2. The molecule has 0 unspecified atom stereocenters. The molecule has 6 N–H and O–H groups in total. The zero-order valence-corrected chi connectivity index (χ0v) is 42.5. The number of hydrogen-bond donors (Lipinski definition) is 6. The summed E-state index contributed by atoms with van der Waals surface area (Å²) in [6, 6.07) is 16.5. The first-order valence-corrected chi connectivity index (χ1v) is 24.6. The molecular formula is C50H59N15O7S. The summed E-state index contributed by atoms with van der Waals surface area (Å²) in [5.74, 6) is -0.669. The molecule has 73 heavy (non-hydrogen) atoms. The average Bonchev–Trinajstić information content (AvgIpc) is 4.13. The first-order valence-electron chi connectivity index (χ1n) is 23.7. The Morgan fingerprint density at radius 2 is 1.68 bits per heavy atom. The predicted octanol–water partition coefficient (Wildman–Crippen LogP) is 3.80. The van der Waals surface area contributed by atoms with Crippen molar-refractivity contribution in [3.05, 3.63) is 95.6 Å². The van der Waals surface area contributed by atoms with E-state index in [9.17, 15) is 29.1 Å². The summed E-state index contributed by atoms with van der Waals surface area (Å²) in [6.45, 7) is 9.15. The van der Waals surface area contributed by atoms with Crippen LogP contribution in [-0.4, -0.2) is 144 Å². The van der Waals surface area contributed by atoms with Crippen LogP contribution in [0, 0.1) is 12.3 Å². The molecule has 6 heterocycles. The lowest BCUT2D eigenvalue weighted by Gasteiger charge is -2.37.